The molecule has 0 bridgehead atoms. The minimum Gasteiger partial charge on any atom is -0.369 e. The average Bonchev–Trinajstić information content (AvgIpc) is 2.77. The third-order valence-corrected chi connectivity index (χ3v) is 2.57. The lowest BCUT2D eigenvalue weighted by Gasteiger charge is -2.08. The fraction of sp³-hybridized carbons (Fsp3) is 0.364. The van der Waals surface area contributed by atoms with Crippen LogP contribution in [-0.2, 0) is 13.5 Å². The first-order chi connectivity index (χ1) is 8.69. The van der Waals surface area contributed by atoms with Crippen LogP contribution < -0.4 is 16.6 Å². The third kappa shape index (κ3) is 2.95. The van der Waals surface area contributed by atoms with Crippen LogP contribution in [0.4, 0.5) is 11.8 Å². The molecule has 96 valence electrons. The normalized spacial score (nSPS) is 10.4. The van der Waals surface area contributed by atoms with Gasteiger partial charge in [0, 0.05) is 31.5 Å². The number of nitrogens with zero attached hydrogens (tertiary/aromatic N) is 4. The van der Waals surface area contributed by atoms with Gasteiger partial charge in [-0.05, 0) is 18.9 Å². The first-order valence-corrected chi connectivity index (χ1v) is 5.70. The van der Waals surface area contributed by atoms with Crippen LogP contribution in [0.2, 0.25) is 0 Å². The Balaban J connectivity index is 1.93. The maximum Gasteiger partial charge on any atom is 0.239 e. The van der Waals surface area contributed by atoms with Gasteiger partial charge >= 0.3 is 0 Å². The number of anilines is 2. The largest absolute Gasteiger partial charge is 0.369 e. The molecular formula is C11H17N7. The van der Waals surface area contributed by atoms with E-state index in [0.29, 0.717) is 5.95 Å². The predicted octanol–water partition coefficient (Wildman–Crippen LogP) is 0.459. The van der Waals surface area contributed by atoms with E-state index in [1.54, 1.807) is 10.9 Å². The summed E-state index contributed by atoms with van der Waals surface area (Å²) in [5.74, 6) is 6.48. The van der Waals surface area contributed by atoms with Gasteiger partial charge in [0.25, 0.3) is 0 Å². The molecule has 4 N–H and O–H groups in total. The van der Waals surface area contributed by atoms with Gasteiger partial charge < -0.3 is 5.32 Å². The first kappa shape index (κ1) is 12.3. The van der Waals surface area contributed by atoms with Gasteiger partial charge in [0.1, 0.15) is 5.82 Å². The molecule has 2 aromatic heterocycles. The molecule has 0 saturated carbocycles. The Bertz CT molecular complexity index is 520. The fourth-order valence-corrected chi connectivity index (χ4v) is 1.62. The van der Waals surface area contributed by atoms with Crippen molar-refractivity contribution in [3.63, 3.8) is 0 Å². The monoisotopic (exact) mass is 247 g/mol. The van der Waals surface area contributed by atoms with E-state index >= 15 is 0 Å². The molecule has 7 nitrogen and oxygen atoms in total. The Morgan fingerprint density at radius 1 is 1.39 bits per heavy atom. The number of nitrogens with one attached hydrogen (secondary N) is 2. The van der Waals surface area contributed by atoms with E-state index < -0.39 is 0 Å². The van der Waals surface area contributed by atoms with Crippen molar-refractivity contribution >= 4 is 11.8 Å². The topological polar surface area (TPSA) is 93.7 Å². The molecule has 0 aliphatic heterocycles. The maximum absolute atomic E-state index is 5.28. The van der Waals surface area contributed by atoms with E-state index in [9.17, 15) is 0 Å². The zero-order chi connectivity index (χ0) is 13.0. The fourth-order valence-electron chi connectivity index (χ4n) is 1.62. The van der Waals surface area contributed by atoms with Crippen LogP contribution in [0.15, 0.2) is 18.6 Å². The molecule has 0 amide bonds. The molecule has 7 heteroatoms. The van der Waals surface area contributed by atoms with Crippen molar-refractivity contribution in [3.05, 3.63) is 29.7 Å². The van der Waals surface area contributed by atoms with E-state index in [-0.39, 0.29) is 0 Å². The second-order valence-electron chi connectivity index (χ2n) is 4.07. The highest BCUT2D eigenvalue weighted by Crippen LogP contribution is 2.11. The van der Waals surface area contributed by atoms with Gasteiger partial charge in [0.15, 0.2) is 0 Å². The highest BCUT2D eigenvalue weighted by Gasteiger charge is 2.03. The van der Waals surface area contributed by atoms with Gasteiger partial charge in [-0.3, -0.25) is 10.1 Å². The minimum atomic E-state index is 0.407. The second kappa shape index (κ2) is 5.46. The number of aromatic nitrogens is 4. The van der Waals surface area contributed by atoms with Gasteiger partial charge in [0.05, 0.1) is 6.20 Å². The van der Waals surface area contributed by atoms with Gasteiger partial charge in [-0.2, -0.15) is 10.1 Å². The Morgan fingerprint density at radius 2 is 2.22 bits per heavy atom. The van der Waals surface area contributed by atoms with Gasteiger partial charge in [-0.15, -0.1) is 0 Å². The minimum absolute atomic E-state index is 0.407. The number of hydrogen-bond acceptors (Lipinski definition) is 6. The molecule has 0 radical (unpaired) electrons. The Labute approximate surface area is 105 Å². The van der Waals surface area contributed by atoms with Gasteiger partial charge in [0.2, 0.25) is 5.95 Å². The summed E-state index contributed by atoms with van der Waals surface area (Å²) in [6, 6.07) is 0. The van der Waals surface area contributed by atoms with Crippen molar-refractivity contribution in [1.29, 1.82) is 0 Å². The van der Waals surface area contributed by atoms with Crippen LogP contribution >= 0.6 is 0 Å². The molecule has 2 aromatic rings. The van der Waals surface area contributed by atoms with E-state index in [1.807, 2.05) is 26.4 Å². The maximum atomic E-state index is 5.28. The predicted molar refractivity (Wildman–Crippen MR) is 70.0 cm³/mol. The number of hydrazine groups is 1. The molecule has 0 aliphatic carbocycles. The molecule has 0 spiro atoms. The van der Waals surface area contributed by atoms with E-state index in [2.05, 4.69) is 25.8 Å². The van der Waals surface area contributed by atoms with E-state index in [0.717, 1.165) is 24.3 Å². The number of nitrogen functional groups attached to an aromatic ring is 1. The van der Waals surface area contributed by atoms with Crippen LogP contribution in [0.1, 0.15) is 11.1 Å². The van der Waals surface area contributed by atoms with Crippen LogP contribution in [0.25, 0.3) is 0 Å². The van der Waals surface area contributed by atoms with E-state index in [4.69, 9.17) is 5.84 Å². The van der Waals surface area contributed by atoms with E-state index in [1.165, 1.54) is 5.56 Å². The Morgan fingerprint density at radius 3 is 2.89 bits per heavy atom. The molecule has 0 aromatic carbocycles. The summed E-state index contributed by atoms with van der Waals surface area (Å²) in [6.07, 6.45) is 6.49. The summed E-state index contributed by atoms with van der Waals surface area (Å²) in [5.41, 5.74) is 4.61. The molecule has 0 aliphatic rings. The smallest absolute Gasteiger partial charge is 0.239 e. The van der Waals surface area contributed by atoms with Crippen molar-refractivity contribution in [2.45, 2.75) is 13.3 Å². The zero-order valence-corrected chi connectivity index (χ0v) is 10.5. The number of nitrogens with two attached hydrogens (primary N) is 1. The standard InChI is InChI=1S/C11H17N7/c1-8-5-14-11(17-12)16-10(8)13-4-3-9-6-15-18(2)7-9/h5-7H,3-4,12H2,1-2H3,(H2,13,14,16,17). The van der Waals surface area contributed by atoms with Gasteiger partial charge in [-0.1, -0.05) is 0 Å². The molecule has 18 heavy (non-hydrogen) atoms. The second-order valence-corrected chi connectivity index (χ2v) is 4.07. The summed E-state index contributed by atoms with van der Waals surface area (Å²) in [4.78, 5) is 8.27. The summed E-state index contributed by atoms with van der Waals surface area (Å²) in [5, 5.41) is 7.39. The summed E-state index contributed by atoms with van der Waals surface area (Å²) in [7, 11) is 1.91. The van der Waals surface area contributed by atoms with Crippen molar-refractivity contribution < 1.29 is 0 Å². The third-order valence-electron chi connectivity index (χ3n) is 2.57. The average molecular weight is 247 g/mol. The molecule has 0 saturated heterocycles. The summed E-state index contributed by atoms with van der Waals surface area (Å²) >= 11 is 0. The lowest BCUT2D eigenvalue weighted by molar-refractivity contribution is 0.767. The van der Waals surface area contributed by atoms with Crippen LogP contribution in [0.3, 0.4) is 0 Å². The highest BCUT2D eigenvalue weighted by atomic mass is 15.3. The number of aryl methyl sites for hydroxylation is 2. The SMILES string of the molecule is Cc1cnc(NN)nc1NCCc1cnn(C)c1. The van der Waals surface area contributed by atoms with Gasteiger partial charge in [-0.25, -0.2) is 10.8 Å². The van der Waals surface area contributed by atoms with Crippen molar-refractivity contribution in [2.75, 3.05) is 17.3 Å². The summed E-state index contributed by atoms with van der Waals surface area (Å²) in [6.45, 7) is 2.74. The highest BCUT2D eigenvalue weighted by molar-refractivity contribution is 5.46. The Kier molecular flexibility index (Phi) is 3.73. The van der Waals surface area contributed by atoms with Crippen molar-refractivity contribution in [1.82, 2.24) is 19.7 Å². The molecular weight excluding hydrogens is 230 g/mol. The zero-order valence-electron chi connectivity index (χ0n) is 10.5. The number of hydrogen-bond donors (Lipinski definition) is 3. The van der Waals surface area contributed by atoms with Crippen molar-refractivity contribution in [3.8, 4) is 0 Å². The Hall–Kier alpha value is -2.15. The number of rotatable bonds is 5. The summed E-state index contributed by atoms with van der Waals surface area (Å²) < 4.78 is 1.79. The molecule has 0 atom stereocenters. The first-order valence-electron chi connectivity index (χ1n) is 5.70. The quantitative estimate of drug-likeness (QED) is 0.525. The molecule has 2 heterocycles. The lowest BCUT2D eigenvalue weighted by Crippen LogP contribution is -2.13. The molecule has 2 rings (SSSR count). The van der Waals surface area contributed by atoms with Crippen LogP contribution in [-0.4, -0.2) is 26.3 Å². The lowest BCUT2D eigenvalue weighted by atomic mass is 10.2. The molecule has 0 unspecified atom stereocenters. The molecule has 0 fully saturated rings. The van der Waals surface area contributed by atoms with Crippen molar-refractivity contribution in [2.24, 2.45) is 12.9 Å². The van der Waals surface area contributed by atoms with Crippen LogP contribution in [0, 0.1) is 6.92 Å². The van der Waals surface area contributed by atoms with Crippen LogP contribution in [0.5, 0.6) is 0 Å².